The molecule has 1 rings (SSSR count). The van der Waals surface area contributed by atoms with Gasteiger partial charge >= 0.3 is 0 Å². The third-order valence-electron chi connectivity index (χ3n) is 2.62. The monoisotopic (exact) mass is 186 g/mol. The lowest BCUT2D eigenvalue weighted by molar-refractivity contribution is -0.0974. The van der Waals surface area contributed by atoms with E-state index in [-0.39, 0.29) is 0 Å². The minimum atomic E-state index is 0.301. The molecule has 0 radical (unpaired) electrons. The second-order valence-corrected chi connectivity index (χ2v) is 3.83. The van der Waals surface area contributed by atoms with Crippen molar-refractivity contribution in [3.8, 4) is 0 Å². The van der Waals surface area contributed by atoms with Crippen molar-refractivity contribution in [1.82, 2.24) is 0 Å². The van der Waals surface area contributed by atoms with Crippen LogP contribution in [0.4, 0.5) is 0 Å². The molecule has 0 bridgehead atoms. The molecule has 78 valence electrons. The lowest BCUT2D eigenvalue weighted by Crippen LogP contribution is -2.34. The largest absolute Gasteiger partial charge is 0.376 e. The Labute approximate surface area is 81.6 Å². The number of hydrogen-bond acceptors (Lipinski definition) is 2. The summed E-state index contributed by atoms with van der Waals surface area (Å²) in [5, 5.41) is 0. The van der Waals surface area contributed by atoms with Crippen molar-refractivity contribution in [1.29, 1.82) is 0 Å². The molecule has 2 unspecified atom stereocenters. The lowest BCUT2D eigenvalue weighted by Gasteiger charge is -2.29. The molecule has 0 aromatic heterocycles. The van der Waals surface area contributed by atoms with Crippen LogP contribution in [0.25, 0.3) is 0 Å². The van der Waals surface area contributed by atoms with E-state index in [2.05, 4.69) is 13.8 Å². The van der Waals surface area contributed by atoms with Gasteiger partial charge in [-0.05, 0) is 26.2 Å². The van der Waals surface area contributed by atoms with Crippen molar-refractivity contribution in [2.75, 3.05) is 13.2 Å². The lowest BCUT2D eigenvalue weighted by atomic mass is 10.1. The molecule has 2 atom stereocenters. The summed E-state index contributed by atoms with van der Waals surface area (Å²) in [6.45, 7) is 6.15. The summed E-state index contributed by atoms with van der Waals surface area (Å²) in [4.78, 5) is 0. The normalized spacial score (nSPS) is 29.1. The Bertz CT molecular complexity index is 125. The van der Waals surface area contributed by atoms with Crippen LogP contribution in [0.1, 0.15) is 46.0 Å². The van der Waals surface area contributed by atoms with Gasteiger partial charge in [0.2, 0.25) is 0 Å². The minimum absolute atomic E-state index is 0.301. The van der Waals surface area contributed by atoms with Gasteiger partial charge in [-0.1, -0.05) is 19.8 Å². The van der Waals surface area contributed by atoms with Crippen LogP contribution in [0, 0.1) is 0 Å². The van der Waals surface area contributed by atoms with E-state index in [4.69, 9.17) is 9.47 Å². The Morgan fingerprint density at radius 1 is 1.38 bits per heavy atom. The van der Waals surface area contributed by atoms with Gasteiger partial charge in [0.25, 0.3) is 0 Å². The number of rotatable bonds is 5. The van der Waals surface area contributed by atoms with Gasteiger partial charge in [0.05, 0.1) is 12.2 Å². The topological polar surface area (TPSA) is 18.5 Å². The molecule has 0 aliphatic carbocycles. The Morgan fingerprint density at radius 2 is 2.23 bits per heavy atom. The average molecular weight is 186 g/mol. The highest BCUT2D eigenvalue weighted by atomic mass is 16.5. The van der Waals surface area contributed by atoms with Crippen LogP contribution in [0.15, 0.2) is 0 Å². The number of ether oxygens (including phenoxy) is 2. The van der Waals surface area contributed by atoms with Crippen LogP contribution < -0.4 is 0 Å². The third-order valence-corrected chi connectivity index (χ3v) is 2.62. The standard InChI is InChI=1S/C11H22O2/c1-3-4-5-8-13-11-7-6-9-12-10(11)2/h10-11H,3-9H2,1-2H3. The van der Waals surface area contributed by atoms with Crippen molar-refractivity contribution >= 4 is 0 Å². The van der Waals surface area contributed by atoms with E-state index in [1.54, 1.807) is 0 Å². The molecule has 0 aromatic carbocycles. The number of unbranched alkanes of at least 4 members (excludes halogenated alkanes) is 2. The van der Waals surface area contributed by atoms with Gasteiger partial charge in [-0.2, -0.15) is 0 Å². The van der Waals surface area contributed by atoms with Crippen LogP contribution in [-0.4, -0.2) is 25.4 Å². The maximum Gasteiger partial charge on any atom is 0.0834 e. The minimum Gasteiger partial charge on any atom is -0.376 e. The predicted molar refractivity (Wildman–Crippen MR) is 53.9 cm³/mol. The van der Waals surface area contributed by atoms with Crippen LogP contribution in [0.2, 0.25) is 0 Å². The van der Waals surface area contributed by atoms with Crippen LogP contribution in [-0.2, 0) is 9.47 Å². The van der Waals surface area contributed by atoms with Gasteiger partial charge in [-0.25, -0.2) is 0 Å². The molecule has 1 heterocycles. The fraction of sp³-hybridized carbons (Fsp3) is 1.00. The first-order chi connectivity index (χ1) is 6.34. The van der Waals surface area contributed by atoms with Crippen molar-refractivity contribution < 1.29 is 9.47 Å². The summed E-state index contributed by atoms with van der Waals surface area (Å²) in [5.41, 5.74) is 0. The maximum absolute atomic E-state index is 5.77. The van der Waals surface area contributed by atoms with Crippen LogP contribution >= 0.6 is 0 Å². The van der Waals surface area contributed by atoms with Crippen molar-refractivity contribution in [2.24, 2.45) is 0 Å². The maximum atomic E-state index is 5.77. The summed E-state index contributed by atoms with van der Waals surface area (Å²) in [6.07, 6.45) is 6.72. The zero-order valence-corrected chi connectivity index (χ0v) is 8.92. The summed E-state index contributed by atoms with van der Waals surface area (Å²) in [5.74, 6) is 0. The van der Waals surface area contributed by atoms with Crippen molar-refractivity contribution in [3.63, 3.8) is 0 Å². The molecule has 0 saturated carbocycles. The van der Waals surface area contributed by atoms with E-state index in [1.165, 1.54) is 25.7 Å². The molecular weight excluding hydrogens is 164 g/mol. The Kier molecular flexibility index (Phi) is 5.40. The van der Waals surface area contributed by atoms with Gasteiger partial charge in [-0.15, -0.1) is 0 Å². The molecule has 2 nitrogen and oxygen atoms in total. The molecule has 0 aromatic rings. The third kappa shape index (κ3) is 4.10. The van der Waals surface area contributed by atoms with E-state index in [0.29, 0.717) is 12.2 Å². The first-order valence-electron chi connectivity index (χ1n) is 5.57. The van der Waals surface area contributed by atoms with Crippen molar-refractivity contribution in [2.45, 2.75) is 58.2 Å². The first-order valence-corrected chi connectivity index (χ1v) is 5.57. The Balaban J connectivity index is 2.05. The summed E-state index contributed by atoms with van der Waals surface area (Å²) < 4.78 is 11.3. The van der Waals surface area contributed by atoms with Crippen LogP contribution in [0.3, 0.4) is 0 Å². The highest BCUT2D eigenvalue weighted by molar-refractivity contribution is 4.70. The summed E-state index contributed by atoms with van der Waals surface area (Å²) in [7, 11) is 0. The second-order valence-electron chi connectivity index (χ2n) is 3.83. The van der Waals surface area contributed by atoms with Gasteiger partial charge in [0.1, 0.15) is 0 Å². The quantitative estimate of drug-likeness (QED) is 0.615. The smallest absolute Gasteiger partial charge is 0.0834 e. The Hall–Kier alpha value is -0.0800. The zero-order chi connectivity index (χ0) is 9.52. The Morgan fingerprint density at radius 3 is 2.92 bits per heavy atom. The predicted octanol–water partition coefficient (Wildman–Crippen LogP) is 2.76. The van der Waals surface area contributed by atoms with E-state index < -0.39 is 0 Å². The van der Waals surface area contributed by atoms with E-state index in [1.807, 2.05) is 0 Å². The second kappa shape index (κ2) is 6.39. The van der Waals surface area contributed by atoms with Gasteiger partial charge in [-0.3, -0.25) is 0 Å². The summed E-state index contributed by atoms with van der Waals surface area (Å²) >= 11 is 0. The highest BCUT2D eigenvalue weighted by Gasteiger charge is 2.21. The first kappa shape index (κ1) is 11.0. The van der Waals surface area contributed by atoms with Gasteiger partial charge < -0.3 is 9.47 Å². The molecule has 1 fully saturated rings. The zero-order valence-electron chi connectivity index (χ0n) is 8.92. The van der Waals surface area contributed by atoms with Gasteiger partial charge in [0.15, 0.2) is 0 Å². The van der Waals surface area contributed by atoms with E-state index in [9.17, 15) is 0 Å². The molecule has 1 aliphatic heterocycles. The van der Waals surface area contributed by atoms with Crippen molar-refractivity contribution in [3.05, 3.63) is 0 Å². The summed E-state index contributed by atoms with van der Waals surface area (Å²) in [6, 6.07) is 0. The molecule has 1 aliphatic rings. The fourth-order valence-corrected chi connectivity index (χ4v) is 1.70. The fourth-order valence-electron chi connectivity index (χ4n) is 1.70. The molecular formula is C11H22O2. The molecule has 1 saturated heterocycles. The molecule has 13 heavy (non-hydrogen) atoms. The van der Waals surface area contributed by atoms with E-state index in [0.717, 1.165) is 19.6 Å². The van der Waals surface area contributed by atoms with Crippen LogP contribution in [0.5, 0.6) is 0 Å². The SMILES string of the molecule is CCCCCOC1CCCOC1C. The molecule has 2 heteroatoms. The molecule has 0 N–H and O–H groups in total. The molecule has 0 spiro atoms. The highest BCUT2D eigenvalue weighted by Crippen LogP contribution is 2.17. The average Bonchev–Trinajstić information content (AvgIpc) is 2.15. The molecule has 0 amide bonds. The number of hydrogen-bond donors (Lipinski definition) is 0. The van der Waals surface area contributed by atoms with E-state index >= 15 is 0 Å². The van der Waals surface area contributed by atoms with Gasteiger partial charge in [0, 0.05) is 13.2 Å².